The number of halogens is 2. The van der Waals surface area contributed by atoms with E-state index in [1.165, 1.54) is 6.92 Å². The molecule has 0 spiro atoms. The van der Waals surface area contributed by atoms with E-state index in [1.54, 1.807) is 48.5 Å². The van der Waals surface area contributed by atoms with Crippen LogP contribution in [0.1, 0.15) is 29.3 Å². The van der Waals surface area contributed by atoms with E-state index in [2.05, 4.69) is 16.0 Å². The largest absolute Gasteiger partial charge is 0.326 e. The normalized spacial score (nSPS) is 12.4. The van der Waals surface area contributed by atoms with Crippen molar-refractivity contribution < 1.29 is 14.4 Å². The molecule has 0 fully saturated rings. The van der Waals surface area contributed by atoms with Crippen LogP contribution in [0.5, 0.6) is 0 Å². The topological polar surface area (TPSA) is 87.3 Å². The van der Waals surface area contributed by atoms with Crippen LogP contribution in [0.4, 0.5) is 5.69 Å². The fraction of sp³-hybridized carbons (Fsp3) is 0.138. The maximum atomic E-state index is 13.4. The van der Waals surface area contributed by atoms with Gasteiger partial charge in [0.2, 0.25) is 5.91 Å². The van der Waals surface area contributed by atoms with Gasteiger partial charge in [0.1, 0.15) is 0 Å². The molecule has 3 amide bonds. The Kier molecular flexibility index (Phi) is 8.11. The van der Waals surface area contributed by atoms with Gasteiger partial charge in [-0.05, 0) is 72.1 Å². The molecule has 4 rings (SSSR count). The van der Waals surface area contributed by atoms with Gasteiger partial charge in [0.25, 0.3) is 11.8 Å². The van der Waals surface area contributed by atoms with Crippen LogP contribution in [0.3, 0.4) is 0 Å². The fourth-order valence-corrected chi connectivity index (χ4v) is 4.15. The highest BCUT2D eigenvalue weighted by atomic mass is 35.5. The highest BCUT2D eigenvalue weighted by Crippen LogP contribution is 2.20. The van der Waals surface area contributed by atoms with Crippen molar-refractivity contribution >= 4 is 57.4 Å². The molecule has 0 saturated carbocycles. The highest BCUT2D eigenvalue weighted by molar-refractivity contribution is 6.30. The SMILES string of the molecule is C[C@](NC(=O)CCc1ccc(Cl)cc1)(NC(=O)c1cccc2ccccc12)C(=O)Nc1ccc(Cl)cc1. The smallest absolute Gasteiger partial charge is 0.270 e. The standard InChI is InChI=1S/C29H25Cl2N3O3/c1-29(28(37)32-23-16-14-22(31)15-17-23,33-26(35)18-11-19-9-12-21(30)13-10-19)34-27(36)25-8-4-6-20-5-2-3-7-24(20)25/h2-10,12-17H,11,18H2,1H3,(H,32,37)(H,33,35)(H,34,36)/t29-/m0/s1. The lowest BCUT2D eigenvalue weighted by Crippen LogP contribution is -2.65. The highest BCUT2D eigenvalue weighted by Gasteiger charge is 2.37. The third-order valence-corrected chi connectivity index (χ3v) is 6.40. The van der Waals surface area contributed by atoms with E-state index in [1.807, 2.05) is 42.5 Å². The summed E-state index contributed by atoms with van der Waals surface area (Å²) in [7, 11) is 0. The van der Waals surface area contributed by atoms with E-state index in [-0.39, 0.29) is 6.42 Å². The van der Waals surface area contributed by atoms with E-state index < -0.39 is 23.4 Å². The van der Waals surface area contributed by atoms with Crippen molar-refractivity contribution in [1.29, 1.82) is 0 Å². The van der Waals surface area contributed by atoms with Crippen molar-refractivity contribution in [2.75, 3.05) is 5.32 Å². The second-order valence-corrected chi connectivity index (χ2v) is 9.61. The molecule has 0 aliphatic carbocycles. The van der Waals surface area contributed by atoms with Gasteiger partial charge in [-0.2, -0.15) is 0 Å². The summed E-state index contributed by atoms with van der Waals surface area (Å²) in [6.07, 6.45) is 0.546. The zero-order valence-corrected chi connectivity index (χ0v) is 21.6. The number of nitrogens with one attached hydrogen (secondary N) is 3. The number of hydrogen-bond acceptors (Lipinski definition) is 3. The number of fused-ring (bicyclic) bond motifs is 1. The van der Waals surface area contributed by atoms with Gasteiger partial charge < -0.3 is 16.0 Å². The van der Waals surface area contributed by atoms with Crippen molar-refractivity contribution in [1.82, 2.24) is 10.6 Å². The molecule has 3 N–H and O–H groups in total. The number of carbonyl (C=O) groups is 3. The Balaban J connectivity index is 1.56. The van der Waals surface area contributed by atoms with Gasteiger partial charge in [0, 0.05) is 27.7 Å². The van der Waals surface area contributed by atoms with Crippen LogP contribution in [0.25, 0.3) is 10.8 Å². The van der Waals surface area contributed by atoms with Crippen LogP contribution < -0.4 is 16.0 Å². The maximum Gasteiger partial charge on any atom is 0.270 e. The number of aryl methyl sites for hydroxylation is 1. The molecule has 0 aliphatic heterocycles. The van der Waals surface area contributed by atoms with Gasteiger partial charge in [-0.15, -0.1) is 0 Å². The van der Waals surface area contributed by atoms with Crippen molar-refractivity contribution in [3.8, 4) is 0 Å². The summed E-state index contributed by atoms with van der Waals surface area (Å²) < 4.78 is 0. The number of rotatable bonds is 8. The molecule has 6 nitrogen and oxygen atoms in total. The Bertz CT molecular complexity index is 1430. The minimum atomic E-state index is -1.75. The summed E-state index contributed by atoms with van der Waals surface area (Å²) in [4.78, 5) is 39.7. The summed E-state index contributed by atoms with van der Waals surface area (Å²) in [6, 6.07) is 26.5. The second kappa shape index (κ2) is 11.5. The van der Waals surface area contributed by atoms with Crippen molar-refractivity contribution in [3.05, 3.63) is 112 Å². The van der Waals surface area contributed by atoms with E-state index in [9.17, 15) is 14.4 Å². The summed E-state index contributed by atoms with van der Waals surface area (Å²) >= 11 is 11.9. The van der Waals surface area contributed by atoms with Crippen LogP contribution >= 0.6 is 23.2 Å². The quantitative estimate of drug-likeness (QED) is 0.243. The average molecular weight is 534 g/mol. The Morgan fingerprint density at radius 3 is 2.08 bits per heavy atom. The van der Waals surface area contributed by atoms with Crippen LogP contribution in [-0.4, -0.2) is 23.4 Å². The molecule has 188 valence electrons. The first-order valence-corrected chi connectivity index (χ1v) is 12.4. The Hall–Kier alpha value is -3.87. The molecule has 4 aromatic rings. The van der Waals surface area contributed by atoms with Gasteiger partial charge in [-0.25, -0.2) is 0 Å². The summed E-state index contributed by atoms with van der Waals surface area (Å²) in [6.45, 7) is 1.46. The Labute approximate surface area is 225 Å². The number of benzene rings is 4. The predicted molar refractivity (Wildman–Crippen MR) is 148 cm³/mol. The molecule has 8 heteroatoms. The maximum absolute atomic E-state index is 13.4. The monoisotopic (exact) mass is 533 g/mol. The molecule has 4 aromatic carbocycles. The zero-order chi connectivity index (χ0) is 26.4. The number of hydrogen-bond donors (Lipinski definition) is 3. The molecule has 0 bridgehead atoms. The first-order chi connectivity index (χ1) is 17.7. The summed E-state index contributed by atoms with van der Waals surface area (Å²) in [5.41, 5.74) is 0.0335. The van der Waals surface area contributed by atoms with Crippen LogP contribution in [0, 0.1) is 0 Å². The van der Waals surface area contributed by atoms with Gasteiger partial charge in [0.15, 0.2) is 5.66 Å². The van der Waals surface area contributed by atoms with E-state index in [0.717, 1.165) is 16.3 Å². The molecule has 0 aromatic heterocycles. The molecule has 0 heterocycles. The number of carbonyl (C=O) groups excluding carboxylic acids is 3. The minimum absolute atomic E-state index is 0.107. The zero-order valence-electron chi connectivity index (χ0n) is 20.1. The number of amides is 3. The average Bonchev–Trinajstić information content (AvgIpc) is 2.89. The second-order valence-electron chi connectivity index (χ2n) is 8.74. The van der Waals surface area contributed by atoms with E-state index >= 15 is 0 Å². The van der Waals surface area contributed by atoms with Crippen LogP contribution in [0.2, 0.25) is 10.0 Å². The lowest BCUT2D eigenvalue weighted by molar-refractivity contribution is -0.130. The fourth-order valence-electron chi connectivity index (χ4n) is 3.90. The minimum Gasteiger partial charge on any atom is -0.326 e. The molecule has 0 aliphatic rings. The third kappa shape index (κ3) is 6.67. The lowest BCUT2D eigenvalue weighted by atomic mass is 10.0. The van der Waals surface area contributed by atoms with Gasteiger partial charge >= 0.3 is 0 Å². The van der Waals surface area contributed by atoms with Crippen LogP contribution in [-0.2, 0) is 16.0 Å². The van der Waals surface area contributed by atoms with Crippen molar-refractivity contribution in [3.63, 3.8) is 0 Å². The predicted octanol–water partition coefficient (Wildman–Crippen LogP) is 5.98. The van der Waals surface area contributed by atoms with Gasteiger partial charge in [-0.3, -0.25) is 14.4 Å². The van der Waals surface area contributed by atoms with Crippen molar-refractivity contribution in [2.45, 2.75) is 25.4 Å². The summed E-state index contributed by atoms with van der Waals surface area (Å²) in [5.74, 6) is -1.51. The van der Waals surface area contributed by atoms with Gasteiger partial charge in [-0.1, -0.05) is 71.7 Å². The first kappa shape index (κ1) is 26.2. The van der Waals surface area contributed by atoms with E-state index in [0.29, 0.717) is 27.7 Å². The number of anilines is 1. The van der Waals surface area contributed by atoms with Gasteiger partial charge in [0.05, 0.1) is 0 Å². The third-order valence-electron chi connectivity index (χ3n) is 5.90. The van der Waals surface area contributed by atoms with E-state index in [4.69, 9.17) is 23.2 Å². The Morgan fingerprint density at radius 1 is 0.757 bits per heavy atom. The lowest BCUT2D eigenvalue weighted by Gasteiger charge is -2.31. The molecular formula is C29H25Cl2N3O3. The molecule has 0 unspecified atom stereocenters. The molecule has 1 atom stereocenters. The molecule has 0 radical (unpaired) electrons. The molecule has 37 heavy (non-hydrogen) atoms. The summed E-state index contributed by atoms with van der Waals surface area (Å²) in [5, 5.41) is 10.9. The molecule has 0 saturated heterocycles. The van der Waals surface area contributed by atoms with Crippen molar-refractivity contribution in [2.24, 2.45) is 0 Å². The van der Waals surface area contributed by atoms with Crippen LogP contribution in [0.15, 0.2) is 91.0 Å². The Morgan fingerprint density at radius 2 is 1.38 bits per heavy atom. The first-order valence-electron chi connectivity index (χ1n) is 11.7. The molecular weight excluding hydrogens is 509 g/mol.